The maximum absolute atomic E-state index is 11.9. The molecule has 8 heteroatoms. The quantitative estimate of drug-likeness (QED) is 0.549. The summed E-state index contributed by atoms with van der Waals surface area (Å²) in [7, 11) is 0. The van der Waals surface area contributed by atoms with Gasteiger partial charge in [0.2, 0.25) is 5.91 Å². The summed E-state index contributed by atoms with van der Waals surface area (Å²) in [6, 6.07) is 7.53. The Hall–Kier alpha value is -2.61. The molecule has 7 nitrogen and oxygen atoms in total. The number of urea groups is 1. The molecule has 0 aliphatic rings. The number of nitrogens with zero attached hydrogens (tertiary/aromatic N) is 3. The van der Waals surface area contributed by atoms with Crippen LogP contribution in [0.25, 0.3) is 11.4 Å². The van der Waals surface area contributed by atoms with Crippen LogP contribution in [-0.2, 0) is 11.3 Å². The molecule has 0 aliphatic heterocycles. The normalized spacial score (nSPS) is 10.4. The van der Waals surface area contributed by atoms with Gasteiger partial charge < -0.3 is 9.88 Å². The summed E-state index contributed by atoms with van der Waals surface area (Å²) in [5, 5.41) is 13.9. The first-order chi connectivity index (χ1) is 12.5. The van der Waals surface area contributed by atoms with Crippen LogP contribution in [-0.4, -0.2) is 39.0 Å². The summed E-state index contributed by atoms with van der Waals surface area (Å²) >= 11 is 1.26. The average Bonchev–Trinajstić information content (AvgIpc) is 3.01. The lowest BCUT2D eigenvalue weighted by Gasteiger charge is -2.09. The highest BCUT2D eigenvalue weighted by molar-refractivity contribution is 7.99. The van der Waals surface area contributed by atoms with Crippen molar-refractivity contribution in [3.63, 3.8) is 0 Å². The Bertz CT molecular complexity index is 788. The highest BCUT2D eigenvalue weighted by atomic mass is 32.2. The fourth-order valence-corrected chi connectivity index (χ4v) is 3.08. The van der Waals surface area contributed by atoms with Gasteiger partial charge in [-0.25, -0.2) is 4.79 Å². The van der Waals surface area contributed by atoms with E-state index in [1.165, 1.54) is 11.8 Å². The number of aromatic nitrogens is 3. The maximum Gasteiger partial charge on any atom is 0.321 e. The Labute approximate surface area is 157 Å². The van der Waals surface area contributed by atoms with Crippen molar-refractivity contribution in [2.45, 2.75) is 32.0 Å². The number of amides is 3. The predicted octanol–water partition coefficient (Wildman–Crippen LogP) is 2.77. The number of carbonyl (C=O) groups excluding carboxylic acids is 2. The molecule has 138 valence electrons. The molecule has 0 unspecified atom stereocenters. The molecule has 26 heavy (non-hydrogen) atoms. The topological polar surface area (TPSA) is 88.9 Å². The molecule has 0 bridgehead atoms. The average molecular weight is 373 g/mol. The van der Waals surface area contributed by atoms with E-state index in [0.29, 0.717) is 11.7 Å². The molecule has 0 saturated carbocycles. The van der Waals surface area contributed by atoms with Crippen LogP contribution in [0.5, 0.6) is 0 Å². The van der Waals surface area contributed by atoms with Gasteiger partial charge in [0.15, 0.2) is 11.0 Å². The summed E-state index contributed by atoms with van der Waals surface area (Å²) < 4.78 is 2.00. The van der Waals surface area contributed by atoms with Gasteiger partial charge in [-0.15, -0.1) is 16.8 Å². The van der Waals surface area contributed by atoms with E-state index < -0.39 is 6.03 Å². The van der Waals surface area contributed by atoms with E-state index in [-0.39, 0.29) is 11.7 Å². The van der Waals surface area contributed by atoms with Crippen LogP contribution in [0, 0.1) is 6.92 Å². The second kappa shape index (κ2) is 9.76. The number of aryl methyl sites for hydroxylation is 1. The summed E-state index contributed by atoms with van der Waals surface area (Å²) in [5.41, 5.74) is 2.14. The maximum atomic E-state index is 11.9. The number of nitrogens with one attached hydrogen (secondary N) is 2. The standard InChI is InChI=1S/C18H23N5O2S/c1-4-9-19-17(25)20-15(24)12-26-18-22-21-16(23(18)10-5-2)14-8-6-7-13(3)11-14/h4,6-8,11H,1,5,9-10,12H2,2-3H3,(H2,19,20,24,25). The fraction of sp³-hybridized carbons (Fsp3) is 0.333. The Morgan fingerprint density at radius 1 is 1.35 bits per heavy atom. The summed E-state index contributed by atoms with van der Waals surface area (Å²) in [6.07, 6.45) is 2.46. The Kier molecular flexibility index (Phi) is 7.40. The fourth-order valence-electron chi connectivity index (χ4n) is 2.32. The minimum atomic E-state index is -0.536. The largest absolute Gasteiger partial charge is 0.334 e. The first-order valence-corrected chi connectivity index (χ1v) is 9.35. The minimum absolute atomic E-state index is 0.0805. The molecule has 0 aliphatic carbocycles. The van der Waals surface area contributed by atoms with Gasteiger partial charge >= 0.3 is 6.03 Å². The summed E-state index contributed by atoms with van der Waals surface area (Å²) in [6.45, 7) is 8.65. The lowest BCUT2D eigenvalue weighted by molar-refractivity contribution is -0.117. The van der Waals surface area contributed by atoms with Gasteiger partial charge in [0, 0.05) is 18.7 Å². The van der Waals surface area contributed by atoms with Gasteiger partial charge in [0.05, 0.1) is 5.75 Å². The van der Waals surface area contributed by atoms with Gasteiger partial charge in [-0.05, 0) is 19.4 Å². The molecular weight excluding hydrogens is 350 g/mol. The van der Waals surface area contributed by atoms with Gasteiger partial charge in [-0.2, -0.15) is 0 Å². The molecule has 0 atom stereocenters. The van der Waals surface area contributed by atoms with Gasteiger partial charge in [-0.1, -0.05) is 48.5 Å². The molecule has 2 aromatic rings. The molecule has 0 spiro atoms. The second-order valence-electron chi connectivity index (χ2n) is 5.66. The SMILES string of the molecule is C=CCNC(=O)NC(=O)CSc1nnc(-c2cccc(C)c2)n1CCC. The molecule has 2 rings (SSSR count). The number of rotatable bonds is 8. The second-order valence-corrected chi connectivity index (χ2v) is 6.61. The van der Waals surface area contributed by atoms with Gasteiger partial charge in [-0.3, -0.25) is 10.1 Å². The molecule has 0 fully saturated rings. The number of hydrogen-bond acceptors (Lipinski definition) is 5. The molecule has 1 aromatic carbocycles. The molecule has 3 amide bonds. The summed E-state index contributed by atoms with van der Waals surface area (Å²) in [4.78, 5) is 23.4. The van der Waals surface area contributed by atoms with Gasteiger partial charge in [0.25, 0.3) is 0 Å². The van der Waals surface area contributed by atoms with E-state index in [1.807, 2.05) is 29.7 Å². The zero-order chi connectivity index (χ0) is 18.9. The van der Waals surface area contributed by atoms with E-state index in [9.17, 15) is 9.59 Å². The van der Waals surface area contributed by atoms with Crippen molar-refractivity contribution in [1.82, 2.24) is 25.4 Å². The van der Waals surface area contributed by atoms with Crippen LogP contribution in [0.3, 0.4) is 0 Å². The van der Waals surface area contributed by atoms with Crippen molar-refractivity contribution in [3.8, 4) is 11.4 Å². The van der Waals surface area contributed by atoms with E-state index >= 15 is 0 Å². The third-order valence-electron chi connectivity index (χ3n) is 3.43. The first kappa shape index (κ1) is 19.7. The van der Waals surface area contributed by atoms with E-state index in [1.54, 1.807) is 6.08 Å². The Balaban J connectivity index is 2.06. The van der Waals surface area contributed by atoms with Crippen molar-refractivity contribution in [2.75, 3.05) is 12.3 Å². The monoisotopic (exact) mass is 373 g/mol. The number of benzene rings is 1. The van der Waals surface area contributed by atoms with Crippen LogP contribution in [0.1, 0.15) is 18.9 Å². The minimum Gasteiger partial charge on any atom is -0.334 e. The molecule has 2 N–H and O–H groups in total. The number of hydrogen-bond donors (Lipinski definition) is 2. The van der Waals surface area contributed by atoms with E-state index in [4.69, 9.17) is 0 Å². The Morgan fingerprint density at radius 3 is 2.85 bits per heavy atom. The van der Waals surface area contributed by atoms with Crippen LogP contribution in [0.2, 0.25) is 0 Å². The smallest absolute Gasteiger partial charge is 0.321 e. The highest BCUT2D eigenvalue weighted by Crippen LogP contribution is 2.24. The number of carbonyl (C=O) groups is 2. The van der Waals surface area contributed by atoms with Crippen LogP contribution < -0.4 is 10.6 Å². The number of thioether (sulfide) groups is 1. The van der Waals surface area contributed by atoms with Crippen molar-refractivity contribution in [1.29, 1.82) is 0 Å². The van der Waals surface area contributed by atoms with Crippen LogP contribution >= 0.6 is 11.8 Å². The Morgan fingerprint density at radius 2 is 2.15 bits per heavy atom. The zero-order valence-electron chi connectivity index (χ0n) is 15.0. The van der Waals surface area contributed by atoms with Crippen molar-refractivity contribution in [3.05, 3.63) is 42.5 Å². The van der Waals surface area contributed by atoms with Crippen molar-refractivity contribution in [2.24, 2.45) is 0 Å². The molecular formula is C18H23N5O2S. The predicted molar refractivity (Wildman–Crippen MR) is 103 cm³/mol. The lowest BCUT2D eigenvalue weighted by Crippen LogP contribution is -2.40. The molecule has 1 aromatic heterocycles. The lowest BCUT2D eigenvalue weighted by atomic mass is 10.1. The van der Waals surface area contributed by atoms with Gasteiger partial charge in [0.1, 0.15) is 0 Å². The van der Waals surface area contributed by atoms with Crippen LogP contribution in [0.15, 0.2) is 42.1 Å². The molecule has 0 radical (unpaired) electrons. The van der Waals surface area contributed by atoms with Crippen molar-refractivity contribution >= 4 is 23.7 Å². The number of imide groups is 1. The highest BCUT2D eigenvalue weighted by Gasteiger charge is 2.16. The first-order valence-electron chi connectivity index (χ1n) is 8.36. The third kappa shape index (κ3) is 5.45. The van der Waals surface area contributed by atoms with Crippen LogP contribution in [0.4, 0.5) is 4.79 Å². The third-order valence-corrected chi connectivity index (χ3v) is 4.40. The van der Waals surface area contributed by atoms with Crippen molar-refractivity contribution < 1.29 is 9.59 Å². The zero-order valence-corrected chi connectivity index (χ0v) is 15.8. The summed E-state index contributed by atoms with van der Waals surface area (Å²) in [5.74, 6) is 0.471. The van der Waals surface area contributed by atoms with E-state index in [0.717, 1.165) is 29.9 Å². The molecule has 1 heterocycles. The molecule has 0 saturated heterocycles. The van der Waals surface area contributed by atoms with E-state index in [2.05, 4.69) is 40.4 Å².